The molecule has 0 bridgehead atoms. The predicted octanol–water partition coefficient (Wildman–Crippen LogP) is 3.62. The second kappa shape index (κ2) is 4.17. The molecule has 1 aromatic carbocycles. The van der Waals surface area contributed by atoms with Crippen molar-refractivity contribution >= 4 is 11.6 Å². The molecule has 0 saturated heterocycles. The highest BCUT2D eigenvalue weighted by Gasteiger charge is 2.37. The lowest BCUT2D eigenvalue weighted by Gasteiger charge is -2.37. The van der Waals surface area contributed by atoms with E-state index < -0.39 is 0 Å². The van der Waals surface area contributed by atoms with Crippen LogP contribution in [0.3, 0.4) is 0 Å². The lowest BCUT2D eigenvalue weighted by atomic mass is 9.67. The normalized spacial score (nSPS) is 22.7. The van der Waals surface area contributed by atoms with Gasteiger partial charge in [-0.05, 0) is 36.3 Å². The van der Waals surface area contributed by atoms with E-state index in [4.69, 9.17) is 0 Å². The maximum absolute atomic E-state index is 11.8. The van der Waals surface area contributed by atoms with E-state index in [1.165, 1.54) is 37.7 Å². The lowest BCUT2D eigenvalue weighted by Crippen LogP contribution is -2.28. The molecule has 2 aliphatic rings. The van der Waals surface area contributed by atoms with Gasteiger partial charge >= 0.3 is 0 Å². The van der Waals surface area contributed by atoms with Crippen LogP contribution < -0.4 is 5.32 Å². The van der Waals surface area contributed by atoms with Gasteiger partial charge in [0, 0.05) is 12.1 Å². The maximum atomic E-state index is 11.8. The first-order valence-corrected chi connectivity index (χ1v) is 6.70. The van der Waals surface area contributed by atoms with E-state index in [0.29, 0.717) is 6.42 Å². The summed E-state index contributed by atoms with van der Waals surface area (Å²) < 4.78 is 0. The molecule has 90 valence electrons. The summed E-state index contributed by atoms with van der Waals surface area (Å²) in [5.41, 5.74) is 2.70. The van der Waals surface area contributed by atoms with Crippen LogP contribution in [0.1, 0.15) is 50.5 Å². The minimum absolute atomic E-state index is 0.180. The molecule has 0 aromatic heterocycles. The zero-order chi connectivity index (χ0) is 11.7. The molecule has 1 heterocycles. The van der Waals surface area contributed by atoms with Crippen molar-refractivity contribution in [1.29, 1.82) is 0 Å². The van der Waals surface area contributed by atoms with Crippen molar-refractivity contribution in [2.24, 2.45) is 0 Å². The van der Waals surface area contributed by atoms with E-state index in [2.05, 4.69) is 23.5 Å². The molecule has 1 aliphatic carbocycles. The number of nitrogens with one attached hydrogen (secondary N) is 1. The zero-order valence-electron chi connectivity index (χ0n) is 10.2. The molecular formula is C15H19NO. The Morgan fingerprint density at radius 1 is 1.00 bits per heavy atom. The van der Waals surface area contributed by atoms with Gasteiger partial charge in [0.15, 0.2) is 0 Å². The highest BCUT2D eigenvalue weighted by atomic mass is 16.1. The van der Waals surface area contributed by atoms with Gasteiger partial charge in [0.05, 0.1) is 0 Å². The van der Waals surface area contributed by atoms with Gasteiger partial charge in [-0.2, -0.15) is 0 Å². The van der Waals surface area contributed by atoms with Crippen molar-refractivity contribution in [1.82, 2.24) is 0 Å². The number of amides is 1. The SMILES string of the molecule is O=C1CCC2(CCCCC2)c2ccccc2N1. The average molecular weight is 229 g/mol. The lowest BCUT2D eigenvalue weighted by molar-refractivity contribution is -0.116. The van der Waals surface area contributed by atoms with Crippen LogP contribution in [0.5, 0.6) is 0 Å². The van der Waals surface area contributed by atoms with E-state index in [1.54, 1.807) is 0 Å². The van der Waals surface area contributed by atoms with Gasteiger partial charge in [0.2, 0.25) is 5.91 Å². The number of rotatable bonds is 0. The molecule has 1 amide bonds. The van der Waals surface area contributed by atoms with Gasteiger partial charge < -0.3 is 5.32 Å². The van der Waals surface area contributed by atoms with Crippen LogP contribution in [0.4, 0.5) is 5.69 Å². The van der Waals surface area contributed by atoms with Crippen LogP contribution >= 0.6 is 0 Å². The molecule has 1 aromatic rings. The highest BCUT2D eigenvalue weighted by molar-refractivity contribution is 5.92. The number of para-hydroxylation sites is 1. The average Bonchev–Trinajstić information content (AvgIpc) is 2.50. The molecule has 1 aliphatic heterocycles. The molecule has 0 radical (unpaired) electrons. The number of carbonyl (C=O) groups is 1. The highest BCUT2D eigenvalue weighted by Crippen LogP contribution is 2.46. The van der Waals surface area contributed by atoms with Gasteiger partial charge in [-0.3, -0.25) is 4.79 Å². The van der Waals surface area contributed by atoms with Gasteiger partial charge in [-0.1, -0.05) is 37.5 Å². The number of hydrogen-bond donors (Lipinski definition) is 1. The third-order valence-corrected chi connectivity index (χ3v) is 4.41. The zero-order valence-corrected chi connectivity index (χ0v) is 10.2. The second-order valence-corrected chi connectivity index (χ2v) is 5.43. The molecule has 2 heteroatoms. The van der Waals surface area contributed by atoms with E-state index in [0.717, 1.165) is 12.1 Å². The molecule has 0 atom stereocenters. The Hall–Kier alpha value is -1.31. The summed E-state index contributed by atoms with van der Waals surface area (Å²) in [4.78, 5) is 11.8. The molecule has 3 rings (SSSR count). The van der Waals surface area contributed by atoms with Crippen LogP contribution in [0, 0.1) is 0 Å². The van der Waals surface area contributed by atoms with Crippen molar-refractivity contribution in [3.8, 4) is 0 Å². The quantitative estimate of drug-likeness (QED) is 0.723. The largest absolute Gasteiger partial charge is 0.326 e. The van der Waals surface area contributed by atoms with E-state index in [9.17, 15) is 4.79 Å². The molecule has 0 unspecified atom stereocenters. The van der Waals surface area contributed by atoms with E-state index >= 15 is 0 Å². The van der Waals surface area contributed by atoms with Crippen molar-refractivity contribution < 1.29 is 4.79 Å². The summed E-state index contributed by atoms with van der Waals surface area (Å²) in [6.45, 7) is 0. The van der Waals surface area contributed by atoms with Gasteiger partial charge in [0.1, 0.15) is 0 Å². The van der Waals surface area contributed by atoms with Crippen LogP contribution in [-0.2, 0) is 10.2 Å². The first kappa shape index (κ1) is 10.8. The van der Waals surface area contributed by atoms with Gasteiger partial charge in [0.25, 0.3) is 0 Å². The third-order valence-electron chi connectivity index (χ3n) is 4.41. The smallest absolute Gasteiger partial charge is 0.224 e. The summed E-state index contributed by atoms with van der Waals surface area (Å²) in [5, 5.41) is 3.06. The maximum Gasteiger partial charge on any atom is 0.224 e. The molecule has 1 spiro atoms. The second-order valence-electron chi connectivity index (χ2n) is 5.43. The van der Waals surface area contributed by atoms with E-state index in [1.807, 2.05) is 6.07 Å². The number of anilines is 1. The van der Waals surface area contributed by atoms with Crippen molar-refractivity contribution in [3.63, 3.8) is 0 Å². The summed E-state index contributed by atoms with van der Waals surface area (Å²) in [6.07, 6.45) is 8.17. The van der Waals surface area contributed by atoms with E-state index in [-0.39, 0.29) is 11.3 Å². The summed E-state index contributed by atoms with van der Waals surface area (Å²) in [7, 11) is 0. The number of carbonyl (C=O) groups excluding carboxylic acids is 1. The van der Waals surface area contributed by atoms with Crippen LogP contribution in [-0.4, -0.2) is 5.91 Å². The monoisotopic (exact) mass is 229 g/mol. The molecule has 1 saturated carbocycles. The fourth-order valence-corrected chi connectivity index (χ4v) is 3.50. The molecule has 17 heavy (non-hydrogen) atoms. The Kier molecular flexibility index (Phi) is 2.65. The van der Waals surface area contributed by atoms with Crippen molar-refractivity contribution in [2.75, 3.05) is 5.32 Å². The standard InChI is InChI=1S/C15H19NO/c17-14-8-11-15(9-4-1-5-10-15)12-6-2-3-7-13(12)16-14/h2-3,6-7H,1,4-5,8-11H2,(H,16,17). The molecule has 1 N–H and O–H groups in total. The van der Waals surface area contributed by atoms with Crippen molar-refractivity contribution in [2.45, 2.75) is 50.4 Å². The molecule has 1 fully saturated rings. The molecule has 2 nitrogen and oxygen atoms in total. The van der Waals surface area contributed by atoms with Gasteiger partial charge in [-0.25, -0.2) is 0 Å². The Labute approximate surface area is 102 Å². The Morgan fingerprint density at radius 2 is 1.76 bits per heavy atom. The summed E-state index contributed by atoms with van der Waals surface area (Å²) >= 11 is 0. The fraction of sp³-hybridized carbons (Fsp3) is 0.533. The predicted molar refractivity (Wildman–Crippen MR) is 69.1 cm³/mol. The minimum atomic E-state index is 0.180. The summed E-state index contributed by atoms with van der Waals surface area (Å²) in [5.74, 6) is 0.180. The van der Waals surface area contributed by atoms with Gasteiger partial charge in [-0.15, -0.1) is 0 Å². The third kappa shape index (κ3) is 1.86. The fourth-order valence-electron chi connectivity index (χ4n) is 3.50. The minimum Gasteiger partial charge on any atom is -0.326 e. The number of benzene rings is 1. The number of fused-ring (bicyclic) bond motifs is 2. The molecular weight excluding hydrogens is 210 g/mol. The number of hydrogen-bond acceptors (Lipinski definition) is 1. The van der Waals surface area contributed by atoms with Crippen LogP contribution in [0.15, 0.2) is 24.3 Å². The Balaban J connectivity index is 2.07. The van der Waals surface area contributed by atoms with Crippen molar-refractivity contribution in [3.05, 3.63) is 29.8 Å². The first-order chi connectivity index (χ1) is 8.30. The topological polar surface area (TPSA) is 29.1 Å². The first-order valence-electron chi connectivity index (χ1n) is 6.70. The Morgan fingerprint density at radius 3 is 2.59 bits per heavy atom. The van der Waals surface area contributed by atoms with Crippen LogP contribution in [0.25, 0.3) is 0 Å². The Bertz CT molecular complexity index is 432. The van der Waals surface area contributed by atoms with Crippen LogP contribution in [0.2, 0.25) is 0 Å². The summed E-state index contributed by atoms with van der Waals surface area (Å²) in [6, 6.07) is 8.38.